The maximum absolute atomic E-state index is 8.19. The van der Waals surface area contributed by atoms with Crippen LogP contribution in [0.1, 0.15) is 5.56 Å². The standard InChI is InChI=1S/C9H6N4/c10-7-1-2-8-3-5-9(6-4-8)12-13-11/h3-6H,(H2,11,12). The molecule has 0 atom stereocenters. The Labute approximate surface area is 75.7 Å². The second kappa shape index (κ2) is 4.53. The molecule has 0 aliphatic heterocycles. The van der Waals surface area contributed by atoms with E-state index >= 15 is 0 Å². The van der Waals surface area contributed by atoms with Gasteiger partial charge in [0.1, 0.15) is 0 Å². The highest BCUT2D eigenvalue weighted by atomic mass is 15.3. The molecular formula is C9H6N4. The molecule has 0 radical (unpaired) electrons. The van der Waals surface area contributed by atoms with Crippen LogP contribution in [0.3, 0.4) is 0 Å². The van der Waals surface area contributed by atoms with Crippen LogP contribution in [0.15, 0.2) is 34.6 Å². The SMILES string of the molecule is N#CC#Cc1ccc(N=NN)cc1. The number of hydrogen-bond donors (Lipinski definition) is 1. The molecule has 0 amide bonds. The monoisotopic (exact) mass is 170 g/mol. The third-order valence-corrected chi connectivity index (χ3v) is 1.30. The van der Waals surface area contributed by atoms with Gasteiger partial charge >= 0.3 is 0 Å². The summed E-state index contributed by atoms with van der Waals surface area (Å²) in [6.45, 7) is 0. The van der Waals surface area contributed by atoms with E-state index in [2.05, 4.69) is 22.2 Å². The molecule has 0 saturated carbocycles. The molecule has 4 heteroatoms. The highest BCUT2D eigenvalue weighted by molar-refractivity contribution is 5.45. The van der Waals surface area contributed by atoms with Crippen molar-refractivity contribution in [3.63, 3.8) is 0 Å². The van der Waals surface area contributed by atoms with Gasteiger partial charge in [-0.05, 0) is 24.3 Å². The average molecular weight is 170 g/mol. The van der Waals surface area contributed by atoms with Crippen molar-refractivity contribution < 1.29 is 0 Å². The highest BCUT2D eigenvalue weighted by Gasteiger charge is 1.88. The molecule has 0 heterocycles. The lowest BCUT2D eigenvalue weighted by atomic mass is 10.2. The van der Waals surface area contributed by atoms with Gasteiger partial charge in [-0.15, -0.1) is 5.11 Å². The van der Waals surface area contributed by atoms with Crippen molar-refractivity contribution in [2.45, 2.75) is 0 Å². The third-order valence-electron chi connectivity index (χ3n) is 1.30. The van der Waals surface area contributed by atoms with Crippen molar-refractivity contribution in [1.82, 2.24) is 0 Å². The molecule has 0 aliphatic rings. The van der Waals surface area contributed by atoms with Crippen LogP contribution < -0.4 is 5.84 Å². The molecule has 0 bridgehead atoms. The van der Waals surface area contributed by atoms with Crippen molar-refractivity contribution >= 4 is 5.69 Å². The lowest BCUT2D eigenvalue weighted by Gasteiger charge is -1.90. The minimum atomic E-state index is 0.657. The summed E-state index contributed by atoms with van der Waals surface area (Å²) in [6.07, 6.45) is 0. The Morgan fingerprint density at radius 3 is 2.46 bits per heavy atom. The molecule has 13 heavy (non-hydrogen) atoms. The molecule has 0 aromatic heterocycles. The molecule has 1 aromatic rings. The van der Waals surface area contributed by atoms with E-state index in [0.717, 1.165) is 5.56 Å². The minimum Gasteiger partial charge on any atom is -0.305 e. The molecular weight excluding hydrogens is 164 g/mol. The molecule has 2 N–H and O–H groups in total. The maximum Gasteiger partial charge on any atom is 0.152 e. The van der Waals surface area contributed by atoms with Gasteiger partial charge in [-0.1, -0.05) is 11.1 Å². The summed E-state index contributed by atoms with van der Waals surface area (Å²) in [7, 11) is 0. The molecule has 4 nitrogen and oxygen atoms in total. The number of nitrogens with zero attached hydrogens (tertiary/aromatic N) is 3. The van der Waals surface area contributed by atoms with E-state index in [4.69, 9.17) is 11.1 Å². The van der Waals surface area contributed by atoms with Gasteiger partial charge in [0.2, 0.25) is 0 Å². The van der Waals surface area contributed by atoms with E-state index in [0.29, 0.717) is 5.69 Å². The molecule has 0 aliphatic carbocycles. The topological polar surface area (TPSA) is 74.5 Å². The lowest BCUT2D eigenvalue weighted by molar-refractivity contribution is 1.06. The summed E-state index contributed by atoms with van der Waals surface area (Å²) in [5.74, 6) is 9.81. The maximum atomic E-state index is 8.19. The number of benzene rings is 1. The van der Waals surface area contributed by atoms with Crippen LogP contribution in [0.2, 0.25) is 0 Å². The predicted octanol–water partition coefficient (Wildman–Crippen LogP) is 1.52. The van der Waals surface area contributed by atoms with E-state index in [1.807, 2.05) is 0 Å². The van der Waals surface area contributed by atoms with Crippen LogP contribution >= 0.6 is 0 Å². The van der Waals surface area contributed by atoms with Gasteiger partial charge < -0.3 is 5.84 Å². The molecule has 0 unspecified atom stereocenters. The Kier molecular flexibility index (Phi) is 3.05. The summed E-state index contributed by atoms with van der Waals surface area (Å²) in [5, 5.41) is 14.9. The van der Waals surface area contributed by atoms with E-state index in [9.17, 15) is 0 Å². The normalized spacial score (nSPS) is 8.85. The summed E-state index contributed by atoms with van der Waals surface area (Å²) in [4.78, 5) is 0. The first kappa shape index (κ1) is 8.76. The summed E-state index contributed by atoms with van der Waals surface area (Å²) < 4.78 is 0. The van der Waals surface area contributed by atoms with Crippen LogP contribution in [0, 0.1) is 23.2 Å². The van der Waals surface area contributed by atoms with Crippen LogP contribution in [-0.4, -0.2) is 0 Å². The number of nitrogens with two attached hydrogens (primary N) is 1. The van der Waals surface area contributed by atoms with E-state index in [1.54, 1.807) is 30.3 Å². The fraction of sp³-hybridized carbons (Fsp3) is 0. The Balaban J connectivity index is 2.88. The third kappa shape index (κ3) is 2.64. The van der Waals surface area contributed by atoms with Gasteiger partial charge in [0.15, 0.2) is 6.07 Å². The first-order valence-corrected chi connectivity index (χ1v) is 3.48. The molecule has 0 spiro atoms. The van der Waals surface area contributed by atoms with Crippen molar-refractivity contribution in [2.24, 2.45) is 16.2 Å². The van der Waals surface area contributed by atoms with E-state index in [-0.39, 0.29) is 0 Å². The largest absolute Gasteiger partial charge is 0.305 e. The Morgan fingerprint density at radius 2 is 1.92 bits per heavy atom. The van der Waals surface area contributed by atoms with Gasteiger partial charge in [-0.3, -0.25) is 0 Å². The zero-order chi connectivity index (χ0) is 9.52. The van der Waals surface area contributed by atoms with Crippen molar-refractivity contribution in [3.8, 4) is 17.9 Å². The second-order valence-electron chi connectivity index (χ2n) is 2.12. The Hall–Kier alpha value is -2.33. The highest BCUT2D eigenvalue weighted by Crippen LogP contribution is 2.11. The summed E-state index contributed by atoms with van der Waals surface area (Å²) >= 11 is 0. The molecule has 0 saturated heterocycles. The smallest absolute Gasteiger partial charge is 0.152 e. The number of hydrogen-bond acceptors (Lipinski definition) is 3. The summed E-state index contributed by atoms with van der Waals surface area (Å²) in [5.41, 5.74) is 1.42. The summed E-state index contributed by atoms with van der Waals surface area (Å²) in [6, 6.07) is 8.66. The lowest BCUT2D eigenvalue weighted by Crippen LogP contribution is -1.75. The fourth-order valence-electron chi connectivity index (χ4n) is 0.778. The van der Waals surface area contributed by atoms with Gasteiger partial charge in [0, 0.05) is 11.5 Å². The Morgan fingerprint density at radius 1 is 1.23 bits per heavy atom. The average Bonchev–Trinajstić information content (AvgIpc) is 2.17. The van der Waals surface area contributed by atoms with Crippen molar-refractivity contribution in [1.29, 1.82) is 5.26 Å². The van der Waals surface area contributed by atoms with Crippen molar-refractivity contribution in [3.05, 3.63) is 29.8 Å². The van der Waals surface area contributed by atoms with Gasteiger partial charge in [0.05, 0.1) is 5.69 Å². The van der Waals surface area contributed by atoms with Crippen molar-refractivity contribution in [2.75, 3.05) is 0 Å². The zero-order valence-corrected chi connectivity index (χ0v) is 6.73. The molecule has 0 fully saturated rings. The molecule has 1 aromatic carbocycles. The molecule has 1 rings (SSSR count). The van der Waals surface area contributed by atoms with Crippen LogP contribution in [0.5, 0.6) is 0 Å². The van der Waals surface area contributed by atoms with Crippen LogP contribution in [0.25, 0.3) is 0 Å². The van der Waals surface area contributed by atoms with Crippen LogP contribution in [-0.2, 0) is 0 Å². The second-order valence-corrected chi connectivity index (χ2v) is 2.12. The van der Waals surface area contributed by atoms with Gasteiger partial charge in [-0.2, -0.15) is 5.26 Å². The predicted molar refractivity (Wildman–Crippen MR) is 47.6 cm³/mol. The van der Waals surface area contributed by atoms with E-state index < -0.39 is 0 Å². The van der Waals surface area contributed by atoms with Gasteiger partial charge in [-0.25, -0.2) is 0 Å². The Bertz CT molecular complexity index is 400. The first-order valence-electron chi connectivity index (χ1n) is 3.48. The number of rotatable bonds is 1. The zero-order valence-electron chi connectivity index (χ0n) is 6.73. The van der Waals surface area contributed by atoms with Crippen LogP contribution in [0.4, 0.5) is 5.69 Å². The molecule has 62 valence electrons. The first-order chi connectivity index (χ1) is 6.36. The fourth-order valence-corrected chi connectivity index (χ4v) is 0.778. The van der Waals surface area contributed by atoms with Gasteiger partial charge in [0.25, 0.3) is 0 Å². The minimum absolute atomic E-state index is 0.657. The number of nitriles is 1. The quantitative estimate of drug-likeness (QED) is 0.300. The van der Waals surface area contributed by atoms with E-state index in [1.165, 1.54) is 0 Å².